The lowest BCUT2D eigenvalue weighted by Crippen LogP contribution is -2.15. The smallest absolute Gasteiger partial charge is 0.276 e. The van der Waals surface area contributed by atoms with Gasteiger partial charge in [0, 0.05) is 12.2 Å². The Morgan fingerprint density at radius 3 is 2.36 bits per heavy atom. The van der Waals surface area contributed by atoms with Crippen molar-refractivity contribution in [2.45, 2.75) is 26.4 Å². The molecule has 0 aliphatic carbocycles. The number of carbonyl (C=O) groups is 1. The summed E-state index contributed by atoms with van der Waals surface area (Å²) in [5.74, 6) is 1.10. The zero-order chi connectivity index (χ0) is 19.8. The maximum absolute atomic E-state index is 12.3. The van der Waals surface area contributed by atoms with Crippen LogP contribution in [0.15, 0.2) is 66.7 Å². The molecule has 3 rings (SSSR count). The van der Waals surface area contributed by atoms with Gasteiger partial charge in [0.25, 0.3) is 5.91 Å². The molecule has 0 bridgehead atoms. The summed E-state index contributed by atoms with van der Waals surface area (Å²) in [7, 11) is 0. The van der Waals surface area contributed by atoms with Crippen molar-refractivity contribution >= 4 is 17.4 Å². The lowest BCUT2D eigenvalue weighted by molar-refractivity contribution is 0.102. The van der Waals surface area contributed by atoms with Gasteiger partial charge in [-0.1, -0.05) is 30.3 Å². The minimum absolute atomic E-state index is 0.107. The summed E-state index contributed by atoms with van der Waals surface area (Å²) < 4.78 is 5.59. The van der Waals surface area contributed by atoms with Crippen LogP contribution in [-0.4, -0.2) is 28.8 Å². The standard InChI is InChI=1S/C22H24N4O2/c1-16(2)28-19-10-8-18(9-11-19)24-22(27)20-12-13-21(26-25-20)23-15-14-17-6-4-3-5-7-17/h3-13,16H,14-15H2,1-2H3,(H,23,26)(H,24,27). The van der Waals surface area contributed by atoms with Crippen LogP contribution in [0.25, 0.3) is 0 Å². The van der Waals surface area contributed by atoms with Crippen molar-refractivity contribution in [3.63, 3.8) is 0 Å². The van der Waals surface area contributed by atoms with Crippen molar-refractivity contribution in [3.8, 4) is 5.75 Å². The molecule has 1 amide bonds. The molecule has 6 nitrogen and oxygen atoms in total. The van der Waals surface area contributed by atoms with Crippen molar-refractivity contribution in [1.82, 2.24) is 10.2 Å². The summed E-state index contributed by atoms with van der Waals surface area (Å²) >= 11 is 0. The lowest BCUT2D eigenvalue weighted by atomic mass is 10.1. The molecule has 0 aliphatic heterocycles. The van der Waals surface area contributed by atoms with E-state index >= 15 is 0 Å². The lowest BCUT2D eigenvalue weighted by Gasteiger charge is -2.10. The monoisotopic (exact) mass is 376 g/mol. The third kappa shape index (κ3) is 5.81. The molecule has 0 atom stereocenters. The van der Waals surface area contributed by atoms with E-state index in [-0.39, 0.29) is 17.7 Å². The zero-order valence-electron chi connectivity index (χ0n) is 16.1. The Hall–Kier alpha value is -3.41. The number of ether oxygens (including phenoxy) is 1. The molecule has 0 unspecified atom stereocenters. The number of carbonyl (C=O) groups excluding carboxylic acids is 1. The van der Waals surface area contributed by atoms with E-state index < -0.39 is 0 Å². The summed E-state index contributed by atoms with van der Waals surface area (Å²) in [5.41, 5.74) is 2.19. The SMILES string of the molecule is CC(C)Oc1ccc(NC(=O)c2ccc(NCCc3ccccc3)nn2)cc1. The average Bonchev–Trinajstić information content (AvgIpc) is 2.70. The molecule has 6 heteroatoms. The molecular weight excluding hydrogens is 352 g/mol. The molecule has 0 radical (unpaired) electrons. The molecule has 0 saturated heterocycles. The predicted molar refractivity (Wildman–Crippen MR) is 111 cm³/mol. The van der Waals surface area contributed by atoms with Gasteiger partial charge in [-0.2, -0.15) is 0 Å². The van der Waals surface area contributed by atoms with Crippen LogP contribution in [0.2, 0.25) is 0 Å². The average molecular weight is 376 g/mol. The highest BCUT2D eigenvalue weighted by atomic mass is 16.5. The minimum Gasteiger partial charge on any atom is -0.491 e. The molecule has 3 aromatic rings. The predicted octanol–water partition coefficient (Wildman–Crippen LogP) is 4.17. The molecular formula is C22H24N4O2. The van der Waals surface area contributed by atoms with E-state index in [9.17, 15) is 4.79 Å². The maximum atomic E-state index is 12.3. The fourth-order valence-corrected chi connectivity index (χ4v) is 2.61. The van der Waals surface area contributed by atoms with Gasteiger partial charge in [-0.15, -0.1) is 10.2 Å². The molecule has 2 N–H and O–H groups in total. The van der Waals surface area contributed by atoms with E-state index in [1.165, 1.54) is 5.56 Å². The minimum atomic E-state index is -0.305. The molecule has 2 aromatic carbocycles. The van der Waals surface area contributed by atoms with Gasteiger partial charge in [0.15, 0.2) is 5.69 Å². The van der Waals surface area contributed by atoms with Crippen molar-refractivity contribution in [3.05, 3.63) is 78.0 Å². The highest BCUT2D eigenvalue weighted by Gasteiger charge is 2.09. The van der Waals surface area contributed by atoms with Crippen LogP contribution in [-0.2, 0) is 6.42 Å². The summed E-state index contributed by atoms with van der Waals surface area (Å²) in [5, 5.41) is 14.1. The molecule has 28 heavy (non-hydrogen) atoms. The summed E-state index contributed by atoms with van der Waals surface area (Å²) in [6.07, 6.45) is 0.997. The second-order valence-corrected chi connectivity index (χ2v) is 6.61. The van der Waals surface area contributed by atoms with Crippen LogP contribution in [0, 0.1) is 0 Å². The molecule has 0 fully saturated rings. The Morgan fingerprint density at radius 1 is 0.964 bits per heavy atom. The van der Waals surface area contributed by atoms with Gasteiger partial charge in [-0.05, 0) is 62.2 Å². The summed E-state index contributed by atoms with van der Waals surface area (Å²) in [6, 6.07) is 20.9. The van der Waals surface area contributed by atoms with Gasteiger partial charge in [0.2, 0.25) is 0 Å². The third-order valence-corrected chi connectivity index (χ3v) is 3.94. The van der Waals surface area contributed by atoms with Crippen molar-refractivity contribution in [1.29, 1.82) is 0 Å². The molecule has 144 valence electrons. The van der Waals surface area contributed by atoms with Gasteiger partial charge in [0.1, 0.15) is 11.6 Å². The number of aromatic nitrogens is 2. The maximum Gasteiger partial charge on any atom is 0.276 e. The normalized spacial score (nSPS) is 10.5. The Kier molecular flexibility index (Phi) is 6.57. The van der Waals surface area contributed by atoms with E-state index in [1.807, 2.05) is 44.2 Å². The van der Waals surface area contributed by atoms with E-state index in [0.717, 1.165) is 18.7 Å². The second-order valence-electron chi connectivity index (χ2n) is 6.61. The van der Waals surface area contributed by atoms with Gasteiger partial charge in [-0.25, -0.2) is 0 Å². The van der Waals surface area contributed by atoms with E-state index in [2.05, 4.69) is 33.0 Å². The number of nitrogens with zero attached hydrogens (tertiary/aromatic N) is 2. The van der Waals surface area contributed by atoms with Crippen molar-refractivity contribution < 1.29 is 9.53 Å². The van der Waals surface area contributed by atoms with Crippen LogP contribution in [0.3, 0.4) is 0 Å². The Balaban J connectivity index is 1.50. The number of benzene rings is 2. The summed E-state index contributed by atoms with van der Waals surface area (Å²) in [6.45, 7) is 4.68. The quantitative estimate of drug-likeness (QED) is 0.617. The molecule has 0 spiro atoms. The van der Waals surface area contributed by atoms with Gasteiger partial charge in [-0.3, -0.25) is 4.79 Å². The van der Waals surface area contributed by atoms with Crippen LogP contribution in [0.1, 0.15) is 29.9 Å². The number of anilines is 2. The Bertz CT molecular complexity index is 879. The largest absolute Gasteiger partial charge is 0.491 e. The summed E-state index contributed by atoms with van der Waals surface area (Å²) in [4.78, 5) is 12.3. The highest BCUT2D eigenvalue weighted by Crippen LogP contribution is 2.17. The van der Waals surface area contributed by atoms with Gasteiger partial charge in [0.05, 0.1) is 6.10 Å². The first-order valence-electron chi connectivity index (χ1n) is 9.30. The number of hydrogen-bond donors (Lipinski definition) is 2. The Morgan fingerprint density at radius 2 is 1.71 bits per heavy atom. The van der Waals surface area contributed by atoms with Gasteiger partial charge < -0.3 is 15.4 Å². The topological polar surface area (TPSA) is 76.1 Å². The van der Waals surface area contributed by atoms with Crippen molar-refractivity contribution in [2.75, 3.05) is 17.2 Å². The van der Waals surface area contributed by atoms with Crippen molar-refractivity contribution in [2.24, 2.45) is 0 Å². The number of rotatable bonds is 8. The number of hydrogen-bond acceptors (Lipinski definition) is 5. The number of nitrogens with one attached hydrogen (secondary N) is 2. The molecule has 0 aliphatic rings. The first-order valence-corrected chi connectivity index (χ1v) is 9.30. The highest BCUT2D eigenvalue weighted by molar-refractivity contribution is 6.02. The van der Waals surface area contributed by atoms with E-state index in [0.29, 0.717) is 11.5 Å². The first kappa shape index (κ1) is 19.4. The van der Waals surface area contributed by atoms with E-state index in [1.54, 1.807) is 24.3 Å². The van der Waals surface area contributed by atoms with Crippen LogP contribution in [0.4, 0.5) is 11.5 Å². The van der Waals surface area contributed by atoms with Gasteiger partial charge >= 0.3 is 0 Å². The van der Waals surface area contributed by atoms with Crippen LogP contribution in [0.5, 0.6) is 5.75 Å². The third-order valence-electron chi connectivity index (χ3n) is 3.94. The van der Waals surface area contributed by atoms with Crippen LogP contribution < -0.4 is 15.4 Å². The molecule has 0 saturated carbocycles. The Labute approximate surface area is 165 Å². The zero-order valence-corrected chi connectivity index (χ0v) is 16.1. The second kappa shape index (κ2) is 9.50. The fourth-order valence-electron chi connectivity index (χ4n) is 2.61. The van der Waals surface area contributed by atoms with E-state index in [4.69, 9.17) is 4.74 Å². The first-order chi connectivity index (χ1) is 13.6. The fraction of sp³-hybridized carbons (Fsp3) is 0.227. The number of amides is 1. The van der Waals surface area contributed by atoms with Crippen LogP contribution >= 0.6 is 0 Å². The molecule has 1 heterocycles. The molecule has 1 aromatic heterocycles.